The van der Waals surface area contributed by atoms with Crippen LogP contribution in [0.4, 0.5) is 0 Å². The van der Waals surface area contributed by atoms with Gasteiger partial charge in [0.05, 0.1) is 17.0 Å². The number of thiophene rings is 1. The van der Waals surface area contributed by atoms with Crippen molar-refractivity contribution in [2.75, 3.05) is 13.1 Å². The molecule has 2 heterocycles. The number of hydrogen-bond acceptors (Lipinski definition) is 4. The van der Waals surface area contributed by atoms with Crippen LogP contribution >= 0.6 is 11.3 Å². The Balaban J connectivity index is 1.96. The molecule has 0 saturated heterocycles. The van der Waals surface area contributed by atoms with Gasteiger partial charge >= 0.3 is 0 Å². The smallest absolute Gasteiger partial charge is 0.253 e. The zero-order valence-electron chi connectivity index (χ0n) is 13.6. The first-order chi connectivity index (χ1) is 10.4. The molecule has 0 aliphatic heterocycles. The molecule has 0 spiro atoms. The van der Waals surface area contributed by atoms with Gasteiger partial charge in [-0.05, 0) is 51.3 Å². The van der Waals surface area contributed by atoms with Crippen molar-refractivity contribution in [1.82, 2.24) is 15.6 Å². The highest BCUT2D eigenvalue weighted by molar-refractivity contribution is 7.08. The Bertz CT molecular complexity index is 630. The summed E-state index contributed by atoms with van der Waals surface area (Å²) in [4.78, 5) is 16.7. The number of aryl methyl sites for hydroxylation is 1. The molecule has 2 aromatic heterocycles. The van der Waals surface area contributed by atoms with Crippen LogP contribution in [-0.4, -0.2) is 29.5 Å². The second kappa shape index (κ2) is 7.03. The molecule has 118 valence electrons. The van der Waals surface area contributed by atoms with E-state index in [-0.39, 0.29) is 11.4 Å². The maximum Gasteiger partial charge on any atom is 0.253 e. The molecule has 1 amide bonds. The van der Waals surface area contributed by atoms with Gasteiger partial charge < -0.3 is 10.6 Å². The van der Waals surface area contributed by atoms with Crippen molar-refractivity contribution in [1.29, 1.82) is 0 Å². The average Bonchev–Trinajstić information content (AvgIpc) is 2.96. The minimum Gasteiger partial charge on any atom is -0.351 e. The van der Waals surface area contributed by atoms with Gasteiger partial charge in [-0.25, -0.2) is 0 Å². The van der Waals surface area contributed by atoms with Crippen LogP contribution in [0.3, 0.4) is 0 Å². The summed E-state index contributed by atoms with van der Waals surface area (Å²) >= 11 is 1.64. The number of amides is 1. The lowest BCUT2D eigenvalue weighted by atomic mass is 10.1. The van der Waals surface area contributed by atoms with Gasteiger partial charge in [-0.15, -0.1) is 0 Å². The van der Waals surface area contributed by atoms with Crippen molar-refractivity contribution in [3.8, 4) is 11.3 Å². The second-order valence-corrected chi connectivity index (χ2v) is 7.05. The van der Waals surface area contributed by atoms with Crippen molar-refractivity contribution in [2.45, 2.75) is 33.2 Å². The van der Waals surface area contributed by atoms with E-state index in [2.05, 4.69) is 41.8 Å². The Morgan fingerprint density at radius 3 is 2.59 bits per heavy atom. The molecule has 0 aliphatic carbocycles. The summed E-state index contributed by atoms with van der Waals surface area (Å²) in [6, 6.07) is 5.78. The average molecular weight is 317 g/mol. The second-order valence-electron chi connectivity index (χ2n) is 6.27. The summed E-state index contributed by atoms with van der Waals surface area (Å²) in [5.41, 5.74) is 3.45. The first-order valence-electron chi connectivity index (χ1n) is 7.40. The molecule has 0 atom stereocenters. The van der Waals surface area contributed by atoms with Crippen LogP contribution in [0, 0.1) is 6.92 Å². The highest BCUT2D eigenvalue weighted by Crippen LogP contribution is 2.21. The maximum absolute atomic E-state index is 12.2. The van der Waals surface area contributed by atoms with E-state index in [1.807, 2.05) is 30.5 Å². The topological polar surface area (TPSA) is 54.0 Å². The van der Waals surface area contributed by atoms with E-state index >= 15 is 0 Å². The van der Waals surface area contributed by atoms with Crippen LogP contribution in [0.5, 0.6) is 0 Å². The molecule has 2 aromatic rings. The highest BCUT2D eigenvalue weighted by Gasteiger charge is 2.12. The zero-order chi connectivity index (χ0) is 16.2. The molecule has 2 N–H and O–H groups in total. The van der Waals surface area contributed by atoms with Crippen LogP contribution < -0.4 is 10.6 Å². The fourth-order valence-electron chi connectivity index (χ4n) is 2.08. The molecule has 0 saturated carbocycles. The van der Waals surface area contributed by atoms with Gasteiger partial charge in [-0.1, -0.05) is 0 Å². The lowest BCUT2D eigenvalue weighted by Gasteiger charge is -2.20. The van der Waals surface area contributed by atoms with E-state index in [1.165, 1.54) is 0 Å². The normalized spacial score (nSPS) is 11.5. The summed E-state index contributed by atoms with van der Waals surface area (Å²) < 4.78 is 0. The van der Waals surface area contributed by atoms with Gasteiger partial charge in [-0.2, -0.15) is 11.3 Å². The lowest BCUT2D eigenvalue weighted by Crippen LogP contribution is -2.41. The third kappa shape index (κ3) is 4.64. The van der Waals surface area contributed by atoms with Crippen molar-refractivity contribution >= 4 is 17.2 Å². The van der Waals surface area contributed by atoms with Gasteiger partial charge in [0.25, 0.3) is 5.91 Å². The van der Waals surface area contributed by atoms with E-state index in [0.29, 0.717) is 12.1 Å². The Labute approximate surface area is 136 Å². The number of nitrogens with zero attached hydrogens (tertiary/aromatic N) is 1. The number of aromatic nitrogens is 1. The Morgan fingerprint density at radius 2 is 2.00 bits per heavy atom. The molecular formula is C17H23N3OS. The third-order valence-electron chi connectivity index (χ3n) is 3.21. The summed E-state index contributed by atoms with van der Waals surface area (Å²) in [6.07, 6.45) is 0. The zero-order valence-corrected chi connectivity index (χ0v) is 14.4. The van der Waals surface area contributed by atoms with Crippen LogP contribution in [0.25, 0.3) is 11.3 Å². The number of nitrogens with one attached hydrogen (secondary N) is 2. The van der Waals surface area contributed by atoms with E-state index in [9.17, 15) is 4.79 Å². The number of carbonyl (C=O) groups is 1. The van der Waals surface area contributed by atoms with Crippen LogP contribution in [-0.2, 0) is 0 Å². The fourth-order valence-corrected chi connectivity index (χ4v) is 2.73. The summed E-state index contributed by atoms with van der Waals surface area (Å²) in [6.45, 7) is 9.53. The number of rotatable bonds is 5. The number of pyridine rings is 1. The lowest BCUT2D eigenvalue weighted by molar-refractivity contribution is 0.0952. The quantitative estimate of drug-likeness (QED) is 0.833. The van der Waals surface area contributed by atoms with Gasteiger partial charge in [0.15, 0.2) is 0 Å². The molecule has 5 heteroatoms. The van der Waals surface area contributed by atoms with E-state index in [4.69, 9.17) is 0 Å². The van der Waals surface area contributed by atoms with Crippen molar-refractivity contribution in [2.24, 2.45) is 0 Å². The fraction of sp³-hybridized carbons (Fsp3) is 0.412. The van der Waals surface area contributed by atoms with E-state index < -0.39 is 0 Å². The van der Waals surface area contributed by atoms with Crippen LogP contribution in [0.15, 0.2) is 29.0 Å². The van der Waals surface area contributed by atoms with Gasteiger partial charge in [-0.3, -0.25) is 9.78 Å². The van der Waals surface area contributed by atoms with Crippen molar-refractivity contribution in [3.63, 3.8) is 0 Å². The summed E-state index contributed by atoms with van der Waals surface area (Å²) in [5, 5.41) is 10.3. The Kier molecular flexibility index (Phi) is 5.32. The van der Waals surface area contributed by atoms with E-state index in [0.717, 1.165) is 23.5 Å². The molecule has 0 bridgehead atoms. The summed E-state index contributed by atoms with van der Waals surface area (Å²) in [7, 11) is 0. The van der Waals surface area contributed by atoms with Gasteiger partial charge in [0.1, 0.15) is 0 Å². The molecule has 0 unspecified atom stereocenters. The predicted octanol–water partition coefficient (Wildman–Crippen LogP) is 3.24. The monoisotopic (exact) mass is 317 g/mol. The molecule has 4 nitrogen and oxygen atoms in total. The first-order valence-corrected chi connectivity index (χ1v) is 8.34. The Morgan fingerprint density at radius 1 is 1.23 bits per heavy atom. The largest absolute Gasteiger partial charge is 0.351 e. The molecular weight excluding hydrogens is 294 g/mol. The molecule has 2 rings (SSSR count). The first kappa shape index (κ1) is 16.6. The molecule has 0 aliphatic rings. The molecule has 0 fully saturated rings. The molecule has 0 radical (unpaired) electrons. The van der Waals surface area contributed by atoms with Crippen molar-refractivity contribution in [3.05, 3.63) is 40.2 Å². The van der Waals surface area contributed by atoms with Crippen molar-refractivity contribution < 1.29 is 4.79 Å². The third-order valence-corrected chi connectivity index (χ3v) is 3.90. The maximum atomic E-state index is 12.2. The summed E-state index contributed by atoms with van der Waals surface area (Å²) in [5.74, 6) is -0.0717. The Hall–Kier alpha value is -1.72. The van der Waals surface area contributed by atoms with E-state index in [1.54, 1.807) is 11.3 Å². The van der Waals surface area contributed by atoms with Crippen LogP contribution in [0.1, 0.15) is 36.8 Å². The molecule has 0 aromatic carbocycles. The van der Waals surface area contributed by atoms with Gasteiger partial charge in [0, 0.05) is 29.6 Å². The predicted molar refractivity (Wildman–Crippen MR) is 92.4 cm³/mol. The standard InChI is InChI=1S/C17H23N3OS/c1-12-14(16(21)18-8-9-19-17(2,3)4)5-6-15(20-12)13-7-10-22-11-13/h5-7,10-11,19H,8-9H2,1-4H3,(H,18,21). The number of carbonyl (C=O) groups excluding carboxylic acids is 1. The van der Waals surface area contributed by atoms with Gasteiger partial charge in [0.2, 0.25) is 0 Å². The minimum atomic E-state index is -0.0717. The number of hydrogen-bond donors (Lipinski definition) is 2. The minimum absolute atomic E-state index is 0.0599. The van der Waals surface area contributed by atoms with Crippen LogP contribution in [0.2, 0.25) is 0 Å². The highest BCUT2D eigenvalue weighted by atomic mass is 32.1. The SMILES string of the molecule is Cc1nc(-c2ccsc2)ccc1C(=O)NCCNC(C)(C)C. The molecule has 22 heavy (non-hydrogen) atoms.